The number of nitrogens with zero attached hydrogens (tertiary/aromatic N) is 1. The number of anilines is 1. The summed E-state index contributed by atoms with van der Waals surface area (Å²) in [5, 5.41) is 11.3. The summed E-state index contributed by atoms with van der Waals surface area (Å²) >= 11 is 0. The van der Waals surface area contributed by atoms with Gasteiger partial charge < -0.3 is 14.6 Å². The molecular formula is C28H25NO6. The lowest BCUT2D eigenvalue weighted by atomic mass is 9.94. The van der Waals surface area contributed by atoms with Gasteiger partial charge in [-0.05, 0) is 60.9 Å². The molecule has 1 N–H and O–H groups in total. The number of carbonyl (C=O) groups is 3. The van der Waals surface area contributed by atoms with Crippen molar-refractivity contribution in [1.29, 1.82) is 0 Å². The quantitative estimate of drug-likeness (QED) is 0.188. The van der Waals surface area contributed by atoms with Gasteiger partial charge in [-0.15, -0.1) is 0 Å². The lowest BCUT2D eigenvalue weighted by Crippen LogP contribution is -2.29. The summed E-state index contributed by atoms with van der Waals surface area (Å²) in [5.41, 5.74) is 3.40. The normalized spacial score (nSPS) is 16.9. The third-order valence-electron chi connectivity index (χ3n) is 6.01. The summed E-state index contributed by atoms with van der Waals surface area (Å²) in [7, 11) is 1.51. The molecule has 7 nitrogen and oxygen atoms in total. The van der Waals surface area contributed by atoms with Gasteiger partial charge in [-0.1, -0.05) is 30.3 Å². The summed E-state index contributed by atoms with van der Waals surface area (Å²) < 4.78 is 10.4. The average Bonchev–Trinajstić information content (AvgIpc) is 3.11. The van der Waals surface area contributed by atoms with E-state index in [-0.39, 0.29) is 11.3 Å². The average molecular weight is 472 g/mol. The molecule has 7 heteroatoms. The number of ether oxygens (including phenoxy) is 2. The van der Waals surface area contributed by atoms with Crippen LogP contribution in [0.3, 0.4) is 0 Å². The molecule has 3 aromatic rings. The fourth-order valence-electron chi connectivity index (χ4n) is 4.10. The Bertz CT molecular complexity index is 1360. The van der Waals surface area contributed by atoms with Crippen LogP contribution in [0.4, 0.5) is 5.69 Å². The fraction of sp³-hybridized carbons (Fsp3) is 0.179. The Morgan fingerprint density at radius 3 is 2.26 bits per heavy atom. The zero-order valence-corrected chi connectivity index (χ0v) is 19.9. The minimum absolute atomic E-state index is 0.0266. The summed E-state index contributed by atoms with van der Waals surface area (Å²) in [6.45, 7) is 5.16. The number of aliphatic hydroxyl groups excluding tert-OH is 1. The molecule has 0 bridgehead atoms. The van der Waals surface area contributed by atoms with Crippen LogP contribution in [0.5, 0.6) is 11.5 Å². The predicted octanol–water partition coefficient (Wildman–Crippen LogP) is 4.86. The monoisotopic (exact) mass is 471 g/mol. The minimum atomic E-state index is -0.907. The van der Waals surface area contributed by atoms with Crippen LogP contribution < -0.4 is 14.4 Å². The molecule has 1 aliphatic rings. The molecule has 0 aliphatic carbocycles. The number of Topliss-reactive ketones (excluding diaryl/α,β-unsaturated/α-hetero) is 1. The second kappa shape index (κ2) is 9.46. The fourth-order valence-corrected chi connectivity index (χ4v) is 4.10. The number of aliphatic hydroxyl groups is 1. The summed E-state index contributed by atoms with van der Waals surface area (Å²) in [6.07, 6.45) is 0. The highest BCUT2D eigenvalue weighted by Crippen LogP contribution is 2.43. The first-order valence-corrected chi connectivity index (χ1v) is 11.0. The molecule has 178 valence electrons. The van der Waals surface area contributed by atoms with Crippen LogP contribution in [0.2, 0.25) is 0 Å². The minimum Gasteiger partial charge on any atom is -0.507 e. The van der Waals surface area contributed by atoms with Crippen molar-refractivity contribution in [1.82, 2.24) is 0 Å². The molecule has 0 saturated carbocycles. The molecule has 4 rings (SSSR count). The summed E-state index contributed by atoms with van der Waals surface area (Å²) in [4.78, 5) is 39.2. The first-order chi connectivity index (χ1) is 16.7. The van der Waals surface area contributed by atoms with Crippen LogP contribution in [0.1, 0.15) is 35.2 Å². The van der Waals surface area contributed by atoms with E-state index in [1.165, 1.54) is 18.9 Å². The van der Waals surface area contributed by atoms with Gasteiger partial charge in [0.25, 0.3) is 11.7 Å². The molecule has 1 fully saturated rings. The third-order valence-corrected chi connectivity index (χ3v) is 6.01. The maximum Gasteiger partial charge on any atom is 0.308 e. The van der Waals surface area contributed by atoms with E-state index in [1.54, 1.807) is 60.7 Å². The van der Waals surface area contributed by atoms with Crippen molar-refractivity contribution >= 4 is 29.1 Å². The molecule has 1 heterocycles. The topological polar surface area (TPSA) is 93.1 Å². The highest BCUT2D eigenvalue weighted by atomic mass is 16.5. The Hall–Kier alpha value is -4.39. The van der Waals surface area contributed by atoms with E-state index in [4.69, 9.17) is 9.47 Å². The number of aryl methyl sites for hydroxylation is 2. The van der Waals surface area contributed by atoms with Gasteiger partial charge in [-0.25, -0.2) is 0 Å². The molecule has 0 radical (unpaired) electrons. The SMILES string of the molecule is COc1cccc(N2C(=O)C(=O)/C(=C(/O)c3ccc(C)c(C)c3)C2c2ccc(OC(C)=O)cc2)c1. The van der Waals surface area contributed by atoms with E-state index in [9.17, 15) is 19.5 Å². The van der Waals surface area contributed by atoms with Gasteiger partial charge >= 0.3 is 5.97 Å². The number of benzene rings is 3. The summed E-state index contributed by atoms with van der Waals surface area (Å²) in [6, 6.07) is 17.7. The van der Waals surface area contributed by atoms with Gasteiger partial charge in [-0.2, -0.15) is 0 Å². The maximum atomic E-state index is 13.3. The standard InChI is InChI=1S/C28H25NO6/c1-16-8-9-20(14-17(16)2)26(31)24-25(19-10-12-22(13-11-19)35-18(3)30)29(28(33)27(24)32)21-6-5-7-23(15-21)34-4/h5-15,25,31H,1-4H3/b26-24+. The zero-order chi connectivity index (χ0) is 25.3. The lowest BCUT2D eigenvalue weighted by Gasteiger charge is -2.26. The molecule has 1 atom stereocenters. The molecule has 3 aromatic carbocycles. The van der Waals surface area contributed by atoms with Crippen molar-refractivity contribution in [3.63, 3.8) is 0 Å². The maximum absolute atomic E-state index is 13.3. The van der Waals surface area contributed by atoms with Crippen molar-refractivity contribution in [2.45, 2.75) is 26.8 Å². The Balaban J connectivity index is 1.91. The van der Waals surface area contributed by atoms with E-state index >= 15 is 0 Å². The largest absolute Gasteiger partial charge is 0.507 e. The molecule has 0 spiro atoms. The van der Waals surface area contributed by atoms with Crippen LogP contribution in [-0.4, -0.2) is 29.9 Å². The van der Waals surface area contributed by atoms with Crippen molar-refractivity contribution < 1.29 is 29.0 Å². The van der Waals surface area contributed by atoms with Gasteiger partial charge in [0.05, 0.1) is 18.7 Å². The lowest BCUT2D eigenvalue weighted by molar-refractivity contribution is -0.132. The van der Waals surface area contributed by atoms with Crippen LogP contribution in [0.15, 0.2) is 72.3 Å². The van der Waals surface area contributed by atoms with Gasteiger partial charge in [0, 0.05) is 24.2 Å². The van der Waals surface area contributed by atoms with E-state index in [1.807, 2.05) is 19.9 Å². The Labute approximate surface area is 203 Å². The molecule has 1 unspecified atom stereocenters. The Morgan fingerprint density at radius 1 is 0.914 bits per heavy atom. The highest BCUT2D eigenvalue weighted by Gasteiger charge is 2.47. The Morgan fingerprint density at radius 2 is 1.63 bits per heavy atom. The number of rotatable bonds is 5. The molecular weight excluding hydrogens is 446 g/mol. The molecule has 35 heavy (non-hydrogen) atoms. The number of esters is 1. The summed E-state index contributed by atoms with van der Waals surface area (Å²) in [5.74, 6) is -1.44. The predicted molar refractivity (Wildman–Crippen MR) is 131 cm³/mol. The van der Waals surface area contributed by atoms with E-state index in [0.717, 1.165) is 11.1 Å². The van der Waals surface area contributed by atoms with Gasteiger partial charge in [0.2, 0.25) is 0 Å². The number of amides is 1. The first-order valence-electron chi connectivity index (χ1n) is 11.0. The van der Waals surface area contributed by atoms with E-state index in [0.29, 0.717) is 28.3 Å². The zero-order valence-electron chi connectivity index (χ0n) is 19.9. The highest BCUT2D eigenvalue weighted by molar-refractivity contribution is 6.51. The van der Waals surface area contributed by atoms with Crippen LogP contribution in [0.25, 0.3) is 5.76 Å². The van der Waals surface area contributed by atoms with Gasteiger partial charge in [0.1, 0.15) is 17.3 Å². The van der Waals surface area contributed by atoms with E-state index < -0.39 is 23.7 Å². The van der Waals surface area contributed by atoms with Crippen molar-refractivity contribution in [2.24, 2.45) is 0 Å². The van der Waals surface area contributed by atoms with Crippen LogP contribution in [0, 0.1) is 13.8 Å². The second-order valence-electron chi connectivity index (χ2n) is 8.33. The molecule has 0 aromatic heterocycles. The number of hydrogen-bond donors (Lipinski definition) is 1. The molecule has 1 amide bonds. The number of ketones is 1. The number of hydrogen-bond acceptors (Lipinski definition) is 6. The van der Waals surface area contributed by atoms with Gasteiger partial charge in [0.15, 0.2) is 0 Å². The van der Waals surface area contributed by atoms with E-state index in [2.05, 4.69) is 0 Å². The van der Waals surface area contributed by atoms with Crippen LogP contribution >= 0.6 is 0 Å². The third kappa shape index (κ3) is 4.53. The second-order valence-corrected chi connectivity index (χ2v) is 8.33. The first kappa shape index (κ1) is 23.8. The van der Waals surface area contributed by atoms with Crippen molar-refractivity contribution in [3.8, 4) is 11.5 Å². The molecule has 1 saturated heterocycles. The number of methoxy groups -OCH3 is 1. The molecule has 1 aliphatic heterocycles. The van der Waals surface area contributed by atoms with Gasteiger partial charge in [-0.3, -0.25) is 19.3 Å². The van der Waals surface area contributed by atoms with Crippen molar-refractivity contribution in [2.75, 3.05) is 12.0 Å². The van der Waals surface area contributed by atoms with Crippen LogP contribution in [-0.2, 0) is 14.4 Å². The Kier molecular flexibility index (Phi) is 6.42. The smallest absolute Gasteiger partial charge is 0.308 e. The number of carbonyl (C=O) groups excluding carboxylic acids is 3. The van der Waals surface area contributed by atoms with Crippen molar-refractivity contribution in [3.05, 3.63) is 94.6 Å².